The Labute approximate surface area is 143 Å². The zero-order valence-electron chi connectivity index (χ0n) is 12.0. The first-order chi connectivity index (χ1) is 11.8. The van der Waals surface area contributed by atoms with Crippen molar-refractivity contribution in [2.24, 2.45) is 0 Å². The van der Waals surface area contributed by atoms with E-state index in [9.17, 15) is 4.39 Å². The summed E-state index contributed by atoms with van der Waals surface area (Å²) in [5, 5.41) is 16.1. The highest BCUT2D eigenvalue weighted by molar-refractivity contribution is 7.98. The number of hydrogen-bond acceptors (Lipinski definition) is 8. The summed E-state index contributed by atoms with van der Waals surface area (Å²) in [4.78, 5) is 4.32. The highest BCUT2D eigenvalue weighted by Gasteiger charge is 2.13. The molecule has 0 aliphatic rings. The van der Waals surface area contributed by atoms with Gasteiger partial charge in [0.25, 0.3) is 5.22 Å². The number of halogens is 1. The fourth-order valence-corrected chi connectivity index (χ4v) is 3.16. The van der Waals surface area contributed by atoms with Crippen LogP contribution in [0.1, 0.15) is 5.89 Å². The molecular formula is C15H9FN4O2S2. The maximum Gasteiger partial charge on any atom is 0.277 e. The zero-order chi connectivity index (χ0) is 16.4. The van der Waals surface area contributed by atoms with Crippen LogP contribution in [-0.4, -0.2) is 20.3 Å². The molecule has 0 aliphatic heterocycles. The van der Waals surface area contributed by atoms with Crippen molar-refractivity contribution in [2.45, 2.75) is 11.0 Å². The van der Waals surface area contributed by atoms with Crippen LogP contribution in [0.15, 0.2) is 55.3 Å². The second-order valence-electron chi connectivity index (χ2n) is 4.69. The van der Waals surface area contributed by atoms with E-state index < -0.39 is 0 Å². The molecule has 0 spiro atoms. The van der Waals surface area contributed by atoms with Crippen LogP contribution in [0.3, 0.4) is 0 Å². The number of nitrogens with zero attached hydrogens (tertiary/aromatic N) is 4. The van der Waals surface area contributed by atoms with E-state index in [4.69, 9.17) is 8.94 Å². The minimum atomic E-state index is -0.314. The molecule has 120 valence electrons. The van der Waals surface area contributed by atoms with E-state index in [1.54, 1.807) is 23.5 Å². The summed E-state index contributed by atoms with van der Waals surface area (Å²) in [7, 11) is 0. The zero-order valence-corrected chi connectivity index (χ0v) is 13.7. The standard InChI is InChI=1S/C15H9FN4O2S2/c16-11-3-1-9(2-4-11)14-18-19-15(21-14)24-8-12-17-13(20-22-12)10-5-6-23-7-10/h1-7H,8H2. The molecule has 0 radical (unpaired) electrons. The van der Waals surface area contributed by atoms with Gasteiger partial charge in [-0.2, -0.15) is 16.3 Å². The van der Waals surface area contributed by atoms with Crippen molar-refractivity contribution in [3.05, 3.63) is 52.8 Å². The van der Waals surface area contributed by atoms with Crippen molar-refractivity contribution in [3.63, 3.8) is 0 Å². The second kappa shape index (κ2) is 6.54. The molecule has 0 fully saturated rings. The average molecular weight is 360 g/mol. The number of hydrogen-bond donors (Lipinski definition) is 0. The first-order valence-corrected chi connectivity index (χ1v) is 8.78. The molecule has 0 amide bonds. The van der Waals surface area contributed by atoms with Crippen molar-refractivity contribution in [1.82, 2.24) is 20.3 Å². The largest absolute Gasteiger partial charge is 0.411 e. The Morgan fingerprint density at radius 3 is 2.75 bits per heavy atom. The highest BCUT2D eigenvalue weighted by Crippen LogP contribution is 2.26. The van der Waals surface area contributed by atoms with Gasteiger partial charge in [0.05, 0.1) is 5.75 Å². The van der Waals surface area contributed by atoms with Gasteiger partial charge in [-0.1, -0.05) is 16.9 Å². The van der Waals surface area contributed by atoms with E-state index in [-0.39, 0.29) is 5.82 Å². The third kappa shape index (κ3) is 3.22. The predicted octanol–water partition coefficient (Wildman–Crippen LogP) is 4.28. The van der Waals surface area contributed by atoms with E-state index in [1.165, 1.54) is 23.9 Å². The van der Waals surface area contributed by atoms with Crippen LogP contribution in [0.5, 0.6) is 0 Å². The summed E-state index contributed by atoms with van der Waals surface area (Å²) in [6.07, 6.45) is 0. The Bertz CT molecular complexity index is 935. The third-order valence-electron chi connectivity index (χ3n) is 3.06. The van der Waals surface area contributed by atoms with Crippen LogP contribution >= 0.6 is 23.1 Å². The monoisotopic (exact) mass is 360 g/mol. The number of rotatable bonds is 5. The van der Waals surface area contributed by atoms with Gasteiger partial charge in [0.2, 0.25) is 17.6 Å². The van der Waals surface area contributed by atoms with Gasteiger partial charge in [0.1, 0.15) is 5.82 Å². The minimum Gasteiger partial charge on any atom is -0.411 e. The van der Waals surface area contributed by atoms with Gasteiger partial charge in [-0.15, -0.1) is 10.2 Å². The van der Waals surface area contributed by atoms with Crippen molar-refractivity contribution in [2.75, 3.05) is 0 Å². The maximum absolute atomic E-state index is 12.9. The summed E-state index contributed by atoms with van der Waals surface area (Å²) in [6, 6.07) is 7.79. The van der Waals surface area contributed by atoms with E-state index >= 15 is 0 Å². The molecule has 1 aromatic carbocycles. The molecule has 3 aromatic heterocycles. The Morgan fingerprint density at radius 2 is 1.96 bits per heavy atom. The van der Waals surface area contributed by atoms with Crippen molar-refractivity contribution in [1.29, 1.82) is 0 Å². The van der Waals surface area contributed by atoms with Gasteiger partial charge in [-0.05, 0) is 35.7 Å². The van der Waals surface area contributed by atoms with E-state index in [0.29, 0.717) is 34.1 Å². The lowest BCUT2D eigenvalue weighted by atomic mass is 10.2. The summed E-state index contributed by atoms with van der Waals surface area (Å²) in [6.45, 7) is 0. The molecule has 0 saturated heterocycles. The molecule has 6 nitrogen and oxygen atoms in total. The average Bonchev–Trinajstić information content (AvgIpc) is 3.34. The summed E-state index contributed by atoms with van der Waals surface area (Å²) in [5.74, 6) is 1.47. The first kappa shape index (κ1) is 15.0. The lowest BCUT2D eigenvalue weighted by Gasteiger charge is -1.93. The number of aromatic nitrogens is 4. The van der Waals surface area contributed by atoms with E-state index in [2.05, 4.69) is 20.3 Å². The molecule has 4 rings (SSSR count). The molecule has 0 bridgehead atoms. The smallest absolute Gasteiger partial charge is 0.277 e. The van der Waals surface area contributed by atoms with Gasteiger partial charge in [0.15, 0.2) is 0 Å². The normalized spacial score (nSPS) is 11.0. The van der Waals surface area contributed by atoms with Crippen molar-refractivity contribution in [3.8, 4) is 22.8 Å². The lowest BCUT2D eigenvalue weighted by molar-refractivity contribution is 0.391. The summed E-state index contributed by atoms with van der Waals surface area (Å²) < 4.78 is 23.7. The van der Waals surface area contributed by atoms with Crippen LogP contribution < -0.4 is 0 Å². The molecule has 3 heterocycles. The fraction of sp³-hybridized carbons (Fsp3) is 0.0667. The Morgan fingerprint density at radius 1 is 1.08 bits per heavy atom. The lowest BCUT2D eigenvalue weighted by Crippen LogP contribution is -1.81. The first-order valence-electron chi connectivity index (χ1n) is 6.85. The Hall–Kier alpha value is -2.52. The van der Waals surface area contributed by atoms with Crippen LogP contribution in [-0.2, 0) is 5.75 Å². The number of benzene rings is 1. The van der Waals surface area contributed by atoms with Crippen LogP contribution in [0.25, 0.3) is 22.8 Å². The van der Waals surface area contributed by atoms with Gasteiger partial charge in [-0.25, -0.2) is 4.39 Å². The second-order valence-corrected chi connectivity index (χ2v) is 6.40. The Kier molecular flexibility index (Phi) is 4.09. The molecule has 0 unspecified atom stereocenters. The topological polar surface area (TPSA) is 77.8 Å². The number of thiophene rings is 1. The molecule has 0 atom stereocenters. The van der Waals surface area contributed by atoms with Gasteiger partial charge < -0.3 is 8.94 Å². The Balaban J connectivity index is 1.42. The van der Waals surface area contributed by atoms with Gasteiger partial charge in [-0.3, -0.25) is 0 Å². The van der Waals surface area contributed by atoms with Crippen molar-refractivity contribution >= 4 is 23.1 Å². The fourth-order valence-electron chi connectivity index (χ4n) is 1.92. The third-order valence-corrected chi connectivity index (χ3v) is 4.55. The van der Waals surface area contributed by atoms with Crippen LogP contribution in [0.4, 0.5) is 4.39 Å². The SMILES string of the molecule is Fc1ccc(-c2nnc(SCc3nc(-c4ccsc4)no3)o2)cc1. The summed E-state index contributed by atoms with van der Waals surface area (Å²) >= 11 is 2.87. The highest BCUT2D eigenvalue weighted by atomic mass is 32.2. The molecule has 0 aliphatic carbocycles. The van der Waals surface area contributed by atoms with E-state index in [1.807, 2.05) is 16.8 Å². The maximum atomic E-state index is 12.9. The summed E-state index contributed by atoms with van der Waals surface area (Å²) in [5.41, 5.74) is 1.59. The van der Waals surface area contributed by atoms with E-state index in [0.717, 1.165) is 5.56 Å². The molecular weight excluding hydrogens is 351 g/mol. The minimum absolute atomic E-state index is 0.314. The van der Waals surface area contributed by atoms with Crippen LogP contribution in [0, 0.1) is 5.82 Å². The molecule has 24 heavy (non-hydrogen) atoms. The molecule has 4 aromatic rings. The predicted molar refractivity (Wildman–Crippen MR) is 86.9 cm³/mol. The van der Waals surface area contributed by atoms with Gasteiger partial charge >= 0.3 is 0 Å². The molecule has 9 heteroatoms. The van der Waals surface area contributed by atoms with Crippen molar-refractivity contribution < 1.29 is 13.3 Å². The number of thioether (sulfide) groups is 1. The van der Waals surface area contributed by atoms with Crippen LogP contribution in [0.2, 0.25) is 0 Å². The quantitative estimate of drug-likeness (QED) is 0.492. The van der Waals surface area contributed by atoms with Gasteiger partial charge in [0, 0.05) is 16.5 Å². The molecule has 0 N–H and O–H groups in total. The molecule has 0 saturated carbocycles.